The first kappa shape index (κ1) is 12.3. The third-order valence-electron chi connectivity index (χ3n) is 6.24. The molecule has 4 rings (SSSR count). The molecule has 0 spiro atoms. The van der Waals surface area contributed by atoms with Crippen molar-refractivity contribution in [2.45, 2.75) is 13.8 Å². The number of hydrogen-bond donors (Lipinski definition) is 2. The van der Waals surface area contributed by atoms with Crippen LogP contribution >= 0.6 is 0 Å². The maximum Gasteiger partial charge on any atom is 0.342 e. The number of cyclic esters (lactones) is 2. The van der Waals surface area contributed by atoms with E-state index in [1.807, 2.05) is 0 Å². The number of ether oxygens (including phenoxy) is 1. The number of esters is 2. The van der Waals surface area contributed by atoms with Crippen molar-refractivity contribution in [3.63, 3.8) is 0 Å². The lowest BCUT2D eigenvalue weighted by molar-refractivity contribution is -0.159. The monoisotopic (exact) mass is 290 g/mol. The number of rotatable bonds is 2. The summed E-state index contributed by atoms with van der Waals surface area (Å²) < 4.78 is 4.60. The van der Waals surface area contributed by atoms with Crippen molar-refractivity contribution in [2.75, 3.05) is 0 Å². The molecule has 1 heterocycles. The molecule has 0 aromatic rings. The average molecular weight is 290 g/mol. The molecule has 21 heavy (non-hydrogen) atoms. The van der Waals surface area contributed by atoms with Crippen LogP contribution in [-0.4, -0.2) is 34.1 Å². The lowest BCUT2D eigenvalue weighted by Crippen LogP contribution is -2.41. The second-order valence-electron chi connectivity index (χ2n) is 6.27. The van der Waals surface area contributed by atoms with Gasteiger partial charge in [-0.25, -0.2) is 9.59 Å². The van der Waals surface area contributed by atoms with Gasteiger partial charge in [-0.15, -0.1) is 0 Å². The Morgan fingerprint density at radius 1 is 0.952 bits per heavy atom. The number of carbonyl (C=O) groups is 4. The fourth-order valence-electron chi connectivity index (χ4n) is 5.10. The van der Waals surface area contributed by atoms with E-state index in [-0.39, 0.29) is 11.1 Å². The van der Waals surface area contributed by atoms with Crippen molar-refractivity contribution < 1.29 is 34.1 Å². The van der Waals surface area contributed by atoms with E-state index in [1.165, 1.54) is 19.1 Å². The first-order valence-corrected chi connectivity index (χ1v) is 6.33. The Morgan fingerprint density at radius 3 is 1.67 bits per heavy atom. The molecule has 0 radical (unpaired) electrons. The summed E-state index contributed by atoms with van der Waals surface area (Å²) >= 11 is 0. The normalized spacial score (nSPS) is 48.3. The summed E-state index contributed by atoms with van der Waals surface area (Å²) in [5, 5.41) is 19.3. The van der Waals surface area contributed by atoms with Gasteiger partial charge < -0.3 is 14.9 Å². The van der Waals surface area contributed by atoms with Gasteiger partial charge in [0.05, 0.1) is 0 Å². The Labute approximate surface area is 117 Å². The molecule has 108 valence electrons. The van der Waals surface area contributed by atoms with Gasteiger partial charge in [0.15, 0.2) is 0 Å². The summed E-state index contributed by atoms with van der Waals surface area (Å²) in [6, 6.07) is 0. The van der Waals surface area contributed by atoms with E-state index in [9.17, 15) is 29.4 Å². The molecule has 0 bridgehead atoms. The van der Waals surface area contributed by atoms with Crippen LogP contribution in [0.25, 0.3) is 0 Å². The van der Waals surface area contributed by atoms with Gasteiger partial charge in [-0.05, 0) is 0 Å². The van der Waals surface area contributed by atoms with Gasteiger partial charge in [0.2, 0.25) is 0 Å². The SMILES string of the molecule is CC12C3=CC4(C(=O)O)C(C(=O)O)(C=C1C(=O)OC3=O)C24C. The summed E-state index contributed by atoms with van der Waals surface area (Å²) in [6.07, 6.45) is 2.36. The zero-order valence-electron chi connectivity index (χ0n) is 11.1. The van der Waals surface area contributed by atoms with E-state index in [4.69, 9.17) is 0 Å². The van der Waals surface area contributed by atoms with Crippen LogP contribution in [0.2, 0.25) is 0 Å². The quantitative estimate of drug-likeness (QED) is 0.547. The van der Waals surface area contributed by atoms with E-state index in [0.29, 0.717) is 0 Å². The predicted octanol–water partition coefficient (Wildman–Crippen LogP) is 0.118. The van der Waals surface area contributed by atoms with Gasteiger partial charge in [-0.1, -0.05) is 26.0 Å². The van der Waals surface area contributed by atoms with Crippen molar-refractivity contribution in [2.24, 2.45) is 21.7 Å². The minimum atomic E-state index is -1.72. The number of fused-ring (bicyclic) bond motifs is 1. The van der Waals surface area contributed by atoms with Crippen molar-refractivity contribution in [3.8, 4) is 0 Å². The topological polar surface area (TPSA) is 118 Å². The van der Waals surface area contributed by atoms with Crippen molar-refractivity contribution >= 4 is 23.9 Å². The molecule has 3 aliphatic carbocycles. The molecule has 2 N–H and O–H groups in total. The first-order valence-electron chi connectivity index (χ1n) is 6.33. The molecule has 1 aliphatic heterocycles. The molecule has 0 aromatic carbocycles. The van der Waals surface area contributed by atoms with Crippen LogP contribution in [0.15, 0.2) is 23.3 Å². The molecule has 1 saturated heterocycles. The van der Waals surface area contributed by atoms with Crippen molar-refractivity contribution in [1.82, 2.24) is 0 Å². The third kappa shape index (κ3) is 0.707. The fourth-order valence-corrected chi connectivity index (χ4v) is 5.10. The standard InChI is InChI=1S/C14H10O7/c1-11-5-3-13(9(17)18)12(11,2)14(13,10(19)20)4-6(11)8(16)21-7(5)15/h3-4H,1-2H3,(H,17,18)(H,19,20). The van der Waals surface area contributed by atoms with Gasteiger partial charge in [0, 0.05) is 22.0 Å². The van der Waals surface area contributed by atoms with Crippen molar-refractivity contribution in [3.05, 3.63) is 23.3 Å². The van der Waals surface area contributed by atoms with Gasteiger partial charge >= 0.3 is 23.9 Å². The number of aliphatic carboxylic acids is 2. The van der Waals surface area contributed by atoms with E-state index < -0.39 is 45.5 Å². The molecule has 7 heteroatoms. The molecule has 7 nitrogen and oxygen atoms in total. The molecule has 2 atom stereocenters. The van der Waals surface area contributed by atoms with E-state index in [0.717, 1.165) is 0 Å². The Bertz CT molecular complexity index is 714. The summed E-state index contributed by atoms with van der Waals surface area (Å²) in [5.74, 6) is -4.41. The summed E-state index contributed by atoms with van der Waals surface area (Å²) in [6.45, 7) is 3.06. The molecular weight excluding hydrogens is 280 g/mol. The van der Waals surface area contributed by atoms with Gasteiger partial charge in [0.25, 0.3) is 0 Å². The highest BCUT2D eigenvalue weighted by atomic mass is 16.6. The zero-order valence-corrected chi connectivity index (χ0v) is 11.1. The highest BCUT2D eigenvalue weighted by molar-refractivity contribution is 6.17. The summed E-state index contributed by atoms with van der Waals surface area (Å²) in [4.78, 5) is 47.5. The lowest BCUT2D eigenvalue weighted by Gasteiger charge is -2.36. The van der Waals surface area contributed by atoms with Crippen LogP contribution in [0, 0.1) is 21.7 Å². The molecule has 4 aliphatic rings. The van der Waals surface area contributed by atoms with Crippen LogP contribution < -0.4 is 0 Å². The molecule has 0 aromatic heterocycles. The Morgan fingerprint density at radius 2 is 1.33 bits per heavy atom. The Balaban J connectivity index is 2.16. The fraction of sp³-hybridized carbons (Fsp3) is 0.429. The number of carboxylic acid groups (broad SMARTS) is 2. The van der Waals surface area contributed by atoms with Crippen LogP contribution in [0.4, 0.5) is 0 Å². The zero-order chi connectivity index (χ0) is 15.6. The maximum atomic E-state index is 11.9. The lowest BCUT2D eigenvalue weighted by atomic mass is 9.67. The smallest absolute Gasteiger partial charge is 0.342 e. The van der Waals surface area contributed by atoms with Crippen molar-refractivity contribution in [1.29, 1.82) is 0 Å². The van der Waals surface area contributed by atoms with Crippen LogP contribution in [0.1, 0.15) is 13.8 Å². The van der Waals surface area contributed by atoms with E-state index in [1.54, 1.807) is 6.92 Å². The highest BCUT2D eigenvalue weighted by Gasteiger charge is 3.01. The number of carboxylic acids is 2. The molecule has 2 fully saturated rings. The van der Waals surface area contributed by atoms with Crippen LogP contribution in [0.5, 0.6) is 0 Å². The third-order valence-corrected chi connectivity index (χ3v) is 6.24. The maximum absolute atomic E-state index is 11.9. The van der Waals surface area contributed by atoms with Crippen LogP contribution in [0.3, 0.4) is 0 Å². The van der Waals surface area contributed by atoms with Crippen LogP contribution in [-0.2, 0) is 23.9 Å². The van der Waals surface area contributed by atoms with E-state index in [2.05, 4.69) is 4.74 Å². The predicted molar refractivity (Wildman–Crippen MR) is 63.6 cm³/mol. The highest BCUT2D eigenvalue weighted by Crippen LogP contribution is 2.94. The first-order chi connectivity index (χ1) is 9.63. The Hall–Kier alpha value is -2.44. The summed E-state index contributed by atoms with van der Waals surface area (Å²) in [5.41, 5.74) is -5.84. The second-order valence-corrected chi connectivity index (χ2v) is 6.27. The molecule has 0 amide bonds. The number of hydrogen-bond acceptors (Lipinski definition) is 5. The minimum absolute atomic E-state index is 0.0626. The van der Waals surface area contributed by atoms with Gasteiger partial charge in [0.1, 0.15) is 10.8 Å². The molecular formula is C14H10O7. The summed E-state index contributed by atoms with van der Waals surface area (Å²) in [7, 11) is 0. The minimum Gasteiger partial charge on any atom is -0.481 e. The molecule has 1 saturated carbocycles. The average Bonchev–Trinajstić information content (AvgIpc) is 2.68. The Kier molecular flexibility index (Phi) is 1.56. The molecule has 2 unspecified atom stereocenters. The number of carbonyl (C=O) groups excluding carboxylic acids is 2. The second kappa shape index (κ2) is 2.66. The largest absolute Gasteiger partial charge is 0.481 e. The van der Waals surface area contributed by atoms with E-state index >= 15 is 0 Å². The van der Waals surface area contributed by atoms with Gasteiger partial charge in [-0.3, -0.25) is 9.59 Å². The van der Waals surface area contributed by atoms with Gasteiger partial charge in [-0.2, -0.15) is 0 Å².